The van der Waals surface area contributed by atoms with Gasteiger partial charge < -0.3 is 19.7 Å². The number of hydrogen-bond acceptors (Lipinski definition) is 4. The Balaban J connectivity index is 1.77. The Morgan fingerprint density at radius 3 is 2.58 bits per heavy atom. The molecule has 0 radical (unpaired) electrons. The van der Waals surface area contributed by atoms with Crippen LogP contribution in [0.25, 0.3) is 6.08 Å². The highest BCUT2D eigenvalue weighted by atomic mass is 16.5. The first-order chi connectivity index (χ1) is 12.6. The SMILES string of the molecule is COc1ccc(/C=C/C(=O)NCCCN(C)c2ccccc2)c(OC)c1. The maximum Gasteiger partial charge on any atom is 0.244 e. The monoisotopic (exact) mass is 354 g/mol. The van der Waals surface area contributed by atoms with Crippen LogP contribution in [0.4, 0.5) is 5.69 Å². The van der Waals surface area contributed by atoms with E-state index in [-0.39, 0.29) is 5.91 Å². The van der Waals surface area contributed by atoms with Gasteiger partial charge in [0.05, 0.1) is 14.2 Å². The number of para-hydroxylation sites is 1. The summed E-state index contributed by atoms with van der Waals surface area (Å²) in [4.78, 5) is 14.1. The molecular weight excluding hydrogens is 328 g/mol. The maximum atomic E-state index is 12.0. The molecule has 0 heterocycles. The molecular formula is C21H26N2O3. The minimum absolute atomic E-state index is 0.120. The second kappa shape index (κ2) is 10.1. The van der Waals surface area contributed by atoms with E-state index >= 15 is 0 Å². The normalized spacial score (nSPS) is 10.6. The van der Waals surface area contributed by atoms with Gasteiger partial charge in [0, 0.05) is 43.5 Å². The summed E-state index contributed by atoms with van der Waals surface area (Å²) >= 11 is 0. The van der Waals surface area contributed by atoms with Crippen LogP contribution in [0, 0.1) is 0 Å². The molecule has 0 aliphatic heterocycles. The lowest BCUT2D eigenvalue weighted by atomic mass is 10.1. The fourth-order valence-electron chi connectivity index (χ4n) is 2.52. The van der Waals surface area contributed by atoms with Gasteiger partial charge in [-0.25, -0.2) is 0 Å². The Kier molecular flexibility index (Phi) is 7.55. The summed E-state index contributed by atoms with van der Waals surface area (Å²) in [7, 11) is 5.25. The average Bonchev–Trinajstić information content (AvgIpc) is 2.69. The van der Waals surface area contributed by atoms with Gasteiger partial charge in [0.2, 0.25) is 5.91 Å². The number of amides is 1. The van der Waals surface area contributed by atoms with Crippen LogP contribution < -0.4 is 19.7 Å². The number of carbonyl (C=O) groups is 1. The summed E-state index contributed by atoms with van der Waals surface area (Å²) in [5.41, 5.74) is 2.00. The molecule has 0 bridgehead atoms. The Morgan fingerprint density at radius 2 is 1.88 bits per heavy atom. The van der Waals surface area contributed by atoms with Gasteiger partial charge in [-0.1, -0.05) is 18.2 Å². The van der Waals surface area contributed by atoms with E-state index in [2.05, 4.69) is 22.3 Å². The van der Waals surface area contributed by atoms with Crippen molar-refractivity contribution in [3.8, 4) is 11.5 Å². The highest BCUT2D eigenvalue weighted by molar-refractivity contribution is 5.92. The lowest BCUT2D eigenvalue weighted by Crippen LogP contribution is -2.26. The number of anilines is 1. The second-order valence-electron chi connectivity index (χ2n) is 5.84. The zero-order chi connectivity index (χ0) is 18.8. The number of rotatable bonds is 9. The highest BCUT2D eigenvalue weighted by Gasteiger charge is 2.03. The van der Waals surface area contributed by atoms with E-state index in [0.717, 1.165) is 18.5 Å². The first-order valence-electron chi connectivity index (χ1n) is 8.58. The van der Waals surface area contributed by atoms with Crippen molar-refractivity contribution in [2.45, 2.75) is 6.42 Å². The third kappa shape index (κ3) is 5.84. The minimum atomic E-state index is -0.120. The molecule has 2 aromatic carbocycles. The summed E-state index contributed by atoms with van der Waals surface area (Å²) in [5, 5.41) is 2.90. The molecule has 0 saturated carbocycles. The molecule has 5 heteroatoms. The van der Waals surface area contributed by atoms with E-state index in [4.69, 9.17) is 9.47 Å². The molecule has 1 N–H and O–H groups in total. The number of ether oxygens (including phenoxy) is 2. The fraction of sp³-hybridized carbons (Fsp3) is 0.286. The number of benzene rings is 2. The predicted molar refractivity (Wildman–Crippen MR) is 106 cm³/mol. The summed E-state index contributed by atoms with van der Waals surface area (Å²) < 4.78 is 10.5. The number of methoxy groups -OCH3 is 2. The van der Waals surface area contributed by atoms with Gasteiger partial charge in [0.25, 0.3) is 0 Å². The van der Waals surface area contributed by atoms with E-state index in [9.17, 15) is 4.79 Å². The van der Waals surface area contributed by atoms with Crippen molar-refractivity contribution in [2.75, 3.05) is 39.3 Å². The Bertz CT molecular complexity index is 729. The van der Waals surface area contributed by atoms with Crippen LogP contribution >= 0.6 is 0 Å². The van der Waals surface area contributed by atoms with Crippen LogP contribution in [0.2, 0.25) is 0 Å². The Labute approximate surface area is 155 Å². The van der Waals surface area contributed by atoms with Crippen molar-refractivity contribution in [3.05, 3.63) is 60.2 Å². The molecule has 0 fully saturated rings. The lowest BCUT2D eigenvalue weighted by Gasteiger charge is -2.19. The summed E-state index contributed by atoms with van der Waals surface area (Å²) in [6.07, 6.45) is 4.13. The van der Waals surface area contributed by atoms with Gasteiger partial charge in [-0.3, -0.25) is 4.79 Å². The topological polar surface area (TPSA) is 50.8 Å². The van der Waals surface area contributed by atoms with E-state index in [1.165, 1.54) is 11.8 Å². The van der Waals surface area contributed by atoms with Crippen LogP contribution in [-0.2, 0) is 4.79 Å². The molecule has 0 aliphatic rings. The average molecular weight is 354 g/mol. The largest absolute Gasteiger partial charge is 0.497 e. The van der Waals surface area contributed by atoms with Crippen molar-refractivity contribution >= 4 is 17.7 Å². The molecule has 0 aromatic heterocycles. The molecule has 1 amide bonds. The molecule has 2 aromatic rings. The van der Waals surface area contributed by atoms with Gasteiger partial charge >= 0.3 is 0 Å². The van der Waals surface area contributed by atoms with E-state index in [1.807, 2.05) is 37.4 Å². The number of carbonyl (C=O) groups excluding carboxylic acids is 1. The molecule has 0 saturated heterocycles. The van der Waals surface area contributed by atoms with Crippen molar-refractivity contribution in [2.24, 2.45) is 0 Å². The van der Waals surface area contributed by atoms with Crippen molar-refractivity contribution in [3.63, 3.8) is 0 Å². The van der Waals surface area contributed by atoms with Gasteiger partial charge in [0.15, 0.2) is 0 Å². The van der Waals surface area contributed by atoms with Crippen LogP contribution in [0.1, 0.15) is 12.0 Å². The highest BCUT2D eigenvalue weighted by Crippen LogP contribution is 2.25. The molecule has 26 heavy (non-hydrogen) atoms. The van der Waals surface area contributed by atoms with Gasteiger partial charge in [-0.15, -0.1) is 0 Å². The molecule has 0 unspecified atom stereocenters. The van der Waals surface area contributed by atoms with Crippen LogP contribution in [0.15, 0.2) is 54.6 Å². The van der Waals surface area contributed by atoms with E-state index < -0.39 is 0 Å². The number of nitrogens with one attached hydrogen (secondary N) is 1. The Morgan fingerprint density at radius 1 is 1.12 bits per heavy atom. The summed E-state index contributed by atoms with van der Waals surface area (Å²) in [6.45, 7) is 1.50. The third-order valence-corrected chi connectivity index (χ3v) is 4.02. The fourth-order valence-corrected chi connectivity index (χ4v) is 2.52. The molecule has 2 rings (SSSR count). The van der Waals surface area contributed by atoms with Crippen LogP contribution in [-0.4, -0.2) is 40.3 Å². The lowest BCUT2D eigenvalue weighted by molar-refractivity contribution is -0.116. The zero-order valence-corrected chi connectivity index (χ0v) is 15.6. The first-order valence-corrected chi connectivity index (χ1v) is 8.58. The van der Waals surface area contributed by atoms with E-state index in [0.29, 0.717) is 18.0 Å². The van der Waals surface area contributed by atoms with Crippen molar-refractivity contribution in [1.82, 2.24) is 5.32 Å². The Hall–Kier alpha value is -2.95. The smallest absolute Gasteiger partial charge is 0.244 e. The van der Waals surface area contributed by atoms with Gasteiger partial charge in [0.1, 0.15) is 11.5 Å². The van der Waals surface area contributed by atoms with Crippen LogP contribution in [0.3, 0.4) is 0 Å². The van der Waals surface area contributed by atoms with Gasteiger partial charge in [-0.2, -0.15) is 0 Å². The number of nitrogens with zero attached hydrogens (tertiary/aromatic N) is 1. The molecule has 138 valence electrons. The van der Waals surface area contributed by atoms with Crippen molar-refractivity contribution < 1.29 is 14.3 Å². The minimum Gasteiger partial charge on any atom is -0.497 e. The summed E-state index contributed by atoms with van der Waals surface area (Å²) in [5.74, 6) is 1.26. The molecule has 5 nitrogen and oxygen atoms in total. The van der Waals surface area contributed by atoms with Crippen LogP contribution in [0.5, 0.6) is 11.5 Å². The van der Waals surface area contributed by atoms with Gasteiger partial charge in [-0.05, 0) is 36.8 Å². The molecule has 0 spiro atoms. The quantitative estimate of drug-likeness (QED) is 0.554. The first kappa shape index (κ1) is 19.4. The number of hydrogen-bond donors (Lipinski definition) is 1. The molecule has 0 atom stereocenters. The van der Waals surface area contributed by atoms with E-state index in [1.54, 1.807) is 26.4 Å². The predicted octanol–water partition coefficient (Wildman–Crippen LogP) is 3.36. The molecule has 0 aliphatic carbocycles. The zero-order valence-electron chi connectivity index (χ0n) is 15.6. The maximum absolute atomic E-state index is 12.0. The second-order valence-corrected chi connectivity index (χ2v) is 5.84. The standard InChI is InChI=1S/C21H26N2O3/c1-23(18-8-5-4-6-9-18)15-7-14-22-21(24)13-11-17-10-12-19(25-2)16-20(17)26-3/h4-6,8-13,16H,7,14-15H2,1-3H3,(H,22,24)/b13-11+. The third-order valence-electron chi connectivity index (χ3n) is 4.02. The van der Waals surface area contributed by atoms with Crippen molar-refractivity contribution in [1.29, 1.82) is 0 Å². The summed E-state index contributed by atoms with van der Waals surface area (Å²) in [6, 6.07) is 15.7.